The van der Waals surface area contributed by atoms with E-state index < -0.39 is 0 Å². The Labute approximate surface area is 163 Å². The van der Waals surface area contributed by atoms with Gasteiger partial charge < -0.3 is 10.6 Å². The Kier molecular flexibility index (Phi) is 7.69. The first kappa shape index (κ1) is 21.4. The van der Waals surface area contributed by atoms with Gasteiger partial charge in [0.2, 0.25) is 5.91 Å². The number of thiophene rings is 1. The molecule has 1 unspecified atom stereocenters. The fourth-order valence-corrected chi connectivity index (χ4v) is 4.39. The van der Waals surface area contributed by atoms with Crippen LogP contribution in [0.4, 0.5) is 0 Å². The van der Waals surface area contributed by atoms with Crippen LogP contribution in [0.3, 0.4) is 0 Å². The number of piperidine rings is 1. The first-order valence-electron chi connectivity index (χ1n) is 7.47. The quantitative estimate of drug-likeness (QED) is 0.840. The number of carbonyl (C=O) groups excluding carboxylic acids is 1. The highest BCUT2D eigenvalue weighted by molar-refractivity contribution is 7.20. The molecule has 2 aromatic heterocycles. The molecule has 1 atom stereocenters. The van der Waals surface area contributed by atoms with Crippen LogP contribution in [0.15, 0.2) is 22.9 Å². The predicted molar refractivity (Wildman–Crippen MR) is 107 cm³/mol. The first-order chi connectivity index (χ1) is 10.5. The number of nitrogens with zero attached hydrogens (tertiary/aromatic N) is 2. The number of halogens is 2. The summed E-state index contributed by atoms with van der Waals surface area (Å²) in [6.07, 6.45) is 1.25. The third-order valence-corrected chi connectivity index (χ3v) is 6.21. The fourth-order valence-electron chi connectivity index (χ4n) is 2.76. The van der Waals surface area contributed by atoms with Gasteiger partial charge >= 0.3 is 0 Å². The third-order valence-electron chi connectivity index (χ3n) is 4.28. The van der Waals surface area contributed by atoms with Crippen LogP contribution < -0.4 is 5.73 Å². The van der Waals surface area contributed by atoms with Crippen LogP contribution >= 0.6 is 47.5 Å². The number of likely N-dealkylation sites (tertiary alicyclic amines) is 1. The molecule has 0 aliphatic carbocycles. The van der Waals surface area contributed by atoms with E-state index in [4.69, 9.17) is 5.73 Å². The van der Waals surface area contributed by atoms with Gasteiger partial charge in [0.05, 0.1) is 17.0 Å². The molecule has 134 valence electrons. The summed E-state index contributed by atoms with van der Waals surface area (Å²) in [5.74, 6) is 0.156. The Bertz CT molecular complexity index is 658. The number of aromatic nitrogens is 1. The molecular formula is C16H23Cl2N3OS2. The van der Waals surface area contributed by atoms with Gasteiger partial charge in [-0.3, -0.25) is 4.79 Å². The summed E-state index contributed by atoms with van der Waals surface area (Å²) in [6.45, 7) is 5.75. The van der Waals surface area contributed by atoms with E-state index in [-0.39, 0.29) is 42.2 Å². The van der Waals surface area contributed by atoms with E-state index in [1.165, 1.54) is 0 Å². The van der Waals surface area contributed by atoms with Gasteiger partial charge in [-0.15, -0.1) is 47.5 Å². The van der Waals surface area contributed by atoms with Crippen molar-refractivity contribution in [3.8, 4) is 9.88 Å². The molecule has 24 heavy (non-hydrogen) atoms. The van der Waals surface area contributed by atoms with Crippen molar-refractivity contribution in [3.05, 3.63) is 28.6 Å². The summed E-state index contributed by atoms with van der Waals surface area (Å²) in [4.78, 5) is 20.2. The van der Waals surface area contributed by atoms with Crippen LogP contribution in [0.5, 0.6) is 0 Å². The van der Waals surface area contributed by atoms with E-state index in [0.29, 0.717) is 6.42 Å². The summed E-state index contributed by atoms with van der Waals surface area (Å²) in [5, 5.41) is 5.03. The molecule has 0 aromatic carbocycles. The molecule has 1 amide bonds. The maximum Gasteiger partial charge on any atom is 0.228 e. The van der Waals surface area contributed by atoms with E-state index in [2.05, 4.69) is 24.9 Å². The lowest BCUT2D eigenvalue weighted by atomic mass is 9.79. The molecule has 4 nitrogen and oxygen atoms in total. The minimum Gasteiger partial charge on any atom is -0.342 e. The van der Waals surface area contributed by atoms with Crippen LogP contribution in [-0.4, -0.2) is 34.9 Å². The van der Waals surface area contributed by atoms with Crippen LogP contribution in [0.1, 0.15) is 26.0 Å². The van der Waals surface area contributed by atoms with E-state index in [0.717, 1.165) is 35.1 Å². The largest absolute Gasteiger partial charge is 0.342 e. The number of thiazole rings is 1. The number of rotatable bonds is 3. The van der Waals surface area contributed by atoms with Crippen LogP contribution in [0.25, 0.3) is 9.88 Å². The predicted octanol–water partition coefficient (Wildman–Crippen LogP) is 3.84. The zero-order valence-corrected chi connectivity index (χ0v) is 17.0. The van der Waals surface area contributed by atoms with E-state index >= 15 is 0 Å². The highest BCUT2D eigenvalue weighted by Crippen LogP contribution is 2.30. The maximum absolute atomic E-state index is 12.5. The number of carbonyl (C=O) groups is 1. The third kappa shape index (κ3) is 4.70. The number of hydrogen-bond acceptors (Lipinski definition) is 5. The number of hydrogen-bond donors (Lipinski definition) is 1. The molecule has 0 spiro atoms. The Morgan fingerprint density at radius 2 is 2.17 bits per heavy atom. The van der Waals surface area contributed by atoms with Crippen molar-refractivity contribution in [2.24, 2.45) is 11.1 Å². The molecule has 3 heterocycles. The Balaban J connectivity index is 0.00000144. The van der Waals surface area contributed by atoms with Crippen molar-refractivity contribution in [1.82, 2.24) is 9.88 Å². The minimum atomic E-state index is -0.0158. The first-order valence-corrected chi connectivity index (χ1v) is 9.23. The van der Waals surface area contributed by atoms with E-state index in [9.17, 15) is 4.79 Å². The van der Waals surface area contributed by atoms with Crippen molar-refractivity contribution in [3.63, 3.8) is 0 Å². The molecule has 2 N–H and O–H groups in total. The van der Waals surface area contributed by atoms with Crippen molar-refractivity contribution in [2.75, 3.05) is 13.1 Å². The van der Waals surface area contributed by atoms with Gasteiger partial charge in [0.1, 0.15) is 5.01 Å². The zero-order chi connectivity index (χ0) is 15.7. The maximum atomic E-state index is 12.5. The topological polar surface area (TPSA) is 59.2 Å². The standard InChI is InChI=1S/C16H21N3OS2.2ClH/c1-16(2)10-19(6-5-13(16)17)14(20)8-11-9-22-15(18-11)12-4-3-7-21-12;;/h3-4,7,9,13H,5-6,8,10,17H2,1-2H3;2*1H. The highest BCUT2D eigenvalue weighted by atomic mass is 35.5. The Morgan fingerprint density at radius 1 is 1.42 bits per heavy atom. The minimum absolute atomic E-state index is 0. The summed E-state index contributed by atoms with van der Waals surface area (Å²) in [7, 11) is 0. The molecule has 1 saturated heterocycles. The molecule has 0 bridgehead atoms. The van der Waals surface area contributed by atoms with Crippen molar-refractivity contribution in [1.29, 1.82) is 0 Å². The lowest BCUT2D eigenvalue weighted by Crippen LogP contribution is -2.54. The van der Waals surface area contributed by atoms with Crippen molar-refractivity contribution in [2.45, 2.75) is 32.7 Å². The van der Waals surface area contributed by atoms with Gasteiger partial charge in [0.15, 0.2) is 0 Å². The van der Waals surface area contributed by atoms with Crippen LogP contribution in [0, 0.1) is 5.41 Å². The average Bonchev–Trinajstić information content (AvgIpc) is 3.12. The average molecular weight is 408 g/mol. The molecule has 1 fully saturated rings. The molecule has 3 rings (SSSR count). The summed E-state index contributed by atoms with van der Waals surface area (Å²) >= 11 is 3.28. The van der Waals surface area contributed by atoms with Crippen molar-refractivity contribution < 1.29 is 4.79 Å². The highest BCUT2D eigenvalue weighted by Gasteiger charge is 2.35. The monoisotopic (exact) mass is 407 g/mol. The second-order valence-electron chi connectivity index (χ2n) is 6.50. The summed E-state index contributed by atoms with van der Waals surface area (Å²) in [5.41, 5.74) is 6.99. The normalized spacial score (nSPS) is 19.3. The Morgan fingerprint density at radius 3 is 2.79 bits per heavy atom. The lowest BCUT2D eigenvalue weighted by Gasteiger charge is -2.42. The lowest BCUT2D eigenvalue weighted by molar-refractivity contribution is -0.133. The van der Waals surface area contributed by atoms with Gasteiger partial charge in [0.25, 0.3) is 0 Å². The van der Waals surface area contributed by atoms with Crippen LogP contribution in [-0.2, 0) is 11.2 Å². The van der Waals surface area contributed by atoms with E-state index in [1.807, 2.05) is 21.7 Å². The molecule has 2 aromatic rings. The molecule has 0 saturated carbocycles. The van der Waals surface area contributed by atoms with Crippen molar-refractivity contribution >= 4 is 53.4 Å². The SMILES string of the molecule is CC1(C)CN(C(=O)Cc2csc(-c3cccs3)n2)CCC1N.Cl.Cl. The van der Waals surface area contributed by atoms with Gasteiger partial charge in [-0.2, -0.15) is 0 Å². The fraction of sp³-hybridized carbons (Fsp3) is 0.500. The van der Waals surface area contributed by atoms with Gasteiger partial charge in [-0.25, -0.2) is 4.98 Å². The van der Waals surface area contributed by atoms with Gasteiger partial charge in [0, 0.05) is 24.5 Å². The Hall–Kier alpha value is -0.660. The summed E-state index contributed by atoms with van der Waals surface area (Å²) in [6, 6.07) is 4.25. The van der Waals surface area contributed by atoms with Gasteiger partial charge in [-0.05, 0) is 23.3 Å². The molecule has 1 aliphatic heterocycles. The van der Waals surface area contributed by atoms with E-state index in [1.54, 1.807) is 22.7 Å². The number of nitrogens with two attached hydrogens (primary N) is 1. The van der Waals surface area contributed by atoms with Gasteiger partial charge in [-0.1, -0.05) is 19.9 Å². The second-order valence-corrected chi connectivity index (χ2v) is 8.30. The smallest absolute Gasteiger partial charge is 0.228 e. The molecule has 8 heteroatoms. The number of amides is 1. The zero-order valence-electron chi connectivity index (χ0n) is 13.7. The summed E-state index contributed by atoms with van der Waals surface area (Å²) < 4.78 is 0. The second kappa shape index (κ2) is 8.63. The van der Waals surface area contributed by atoms with Crippen LogP contribution in [0.2, 0.25) is 0 Å². The molecule has 1 aliphatic rings. The molecular weight excluding hydrogens is 385 g/mol. The molecule has 0 radical (unpaired) electrons.